The van der Waals surface area contributed by atoms with Gasteiger partial charge in [-0.3, -0.25) is 10.1 Å². The van der Waals surface area contributed by atoms with Gasteiger partial charge in [0.2, 0.25) is 0 Å². The van der Waals surface area contributed by atoms with Gasteiger partial charge in [0.25, 0.3) is 5.69 Å². The van der Waals surface area contributed by atoms with Crippen LogP contribution >= 0.6 is 0 Å². The number of hydrogen-bond acceptors (Lipinski definition) is 5. The molecule has 0 bridgehead atoms. The highest BCUT2D eigenvalue weighted by atomic mass is 16.6. The molecule has 2 aromatic rings. The zero-order chi connectivity index (χ0) is 15.0. The SMILES string of the molecule is O=C(O)c1ccc2c(cnn2C2CCCCO2)c1[N+](=O)[O-]. The number of hydrogen-bond donors (Lipinski definition) is 1. The van der Waals surface area contributed by atoms with Crippen molar-refractivity contribution >= 4 is 22.6 Å². The van der Waals surface area contributed by atoms with Crippen LogP contribution in [0.5, 0.6) is 0 Å². The minimum absolute atomic E-state index is 0.217. The van der Waals surface area contributed by atoms with E-state index in [9.17, 15) is 14.9 Å². The highest BCUT2D eigenvalue weighted by Crippen LogP contribution is 2.33. The van der Waals surface area contributed by atoms with Crippen LogP contribution in [0.25, 0.3) is 10.9 Å². The Balaban J connectivity index is 2.17. The van der Waals surface area contributed by atoms with Gasteiger partial charge in [0.1, 0.15) is 5.56 Å². The Labute approximate surface area is 119 Å². The molecular weight excluding hydrogens is 278 g/mol. The number of ether oxygens (including phenoxy) is 1. The molecule has 110 valence electrons. The van der Waals surface area contributed by atoms with Crippen molar-refractivity contribution in [3.8, 4) is 0 Å². The second-order valence-corrected chi connectivity index (χ2v) is 4.87. The predicted molar refractivity (Wildman–Crippen MR) is 72.2 cm³/mol. The Morgan fingerprint density at radius 2 is 2.29 bits per heavy atom. The molecule has 1 aromatic heterocycles. The van der Waals surface area contributed by atoms with Crippen molar-refractivity contribution in [1.82, 2.24) is 9.78 Å². The molecular formula is C13H13N3O5. The number of nitro benzene ring substituents is 1. The van der Waals surface area contributed by atoms with E-state index >= 15 is 0 Å². The summed E-state index contributed by atoms with van der Waals surface area (Å²) >= 11 is 0. The van der Waals surface area contributed by atoms with Crippen LogP contribution in [-0.4, -0.2) is 32.4 Å². The highest BCUT2D eigenvalue weighted by molar-refractivity contribution is 6.02. The molecule has 1 aliphatic rings. The first-order chi connectivity index (χ1) is 10.1. The van der Waals surface area contributed by atoms with Crippen molar-refractivity contribution in [1.29, 1.82) is 0 Å². The van der Waals surface area contributed by atoms with Crippen LogP contribution in [0.15, 0.2) is 18.3 Å². The van der Waals surface area contributed by atoms with Crippen LogP contribution in [-0.2, 0) is 4.74 Å². The van der Waals surface area contributed by atoms with E-state index in [4.69, 9.17) is 9.84 Å². The van der Waals surface area contributed by atoms with E-state index < -0.39 is 16.6 Å². The van der Waals surface area contributed by atoms with Gasteiger partial charge in [0.05, 0.1) is 22.0 Å². The second-order valence-electron chi connectivity index (χ2n) is 4.87. The number of aromatic nitrogens is 2. The van der Waals surface area contributed by atoms with E-state index in [0.717, 1.165) is 19.3 Å². The first kappa shape index (κ1) is 13.5. The van der Waals surface area contributed by atoms with Gasteiger partial charge in [0, 0.05) is 6.61 Å². The van der Waals surface area contributed by atoms with Crippen LogP contribution in [0.4, 0.5) is 5.69 Å². The third kappa shape index (κ3) is 2.23. The minimum atomic E-state index is -1.33. The largest absolute Gasteiger partial charge is 0.477 e. The Kier molecular flexibility index (Phi) is 3.30. The number of fused-ring (bicyclic) bond motifs is 1. The van der Waals surface area contributed by atoms with Crippen LogP contribution < -0.4 is 0 Å². The van der Waals surface area contributed by atoms with E-state index in [2.05, 4.69) is 5.10 Å². The first-order valence-electron chi connectivity index (χ1n) is 6.59. The quantitative estimate of drug-likeness (QED) is 0.687. The van der Waals surface area contributed by atoms with Gasteiger partial charge in [0.15, 0.2) is 6.23 Å². The van der Waals surface area contributed by atoms with Crippen LogP contribution in [0, 0.1) is 10.1 Å². The normalized spacial score (nSPS) is 18.8. The predicted octanol–water partition coefficient (Wildman–Crippen LogP) is 2.34. The average Bonchev–Trinajstić information content (AvgIpc) is 2.90. The molecule has 2 heterocycles. The second kappa shape index (κ2) is 5.13. The molecule has 1 atom stereocenters. The van der Waals surface area contributed by atoms with Crippen LogP contribution in [0.3, 0.4) is 0 Å². The third-order valence-electron chi connectivity index (χ3n) is 3.59. The molecule has 3 rings (SSSR count). The Hall–Kier alpha value is -2.48. The molecule has 1 fully saturated rings. The molecule has 1 unspecified atom stereocenters. The van der Waals surface area contributed by atoms with Crippen LogP contribution in [0.1, 0.15) is 35.8 Å². The summed E-state index contributed by atoms with van der Waals surface area (Å²) < 4.78 is 7.21. The summed E-state index contributed by atoms with van der Waals surface area (Å²) in [7, 11) is 0. The summed E-state index contributed by atoms with van der Waals surface area (Å²) in [4.78, 5) is 21.6. The molecule has 21 heavy (non-hydrogen) atoms. The first-order valence-corrected chi connectivity index (χ1v) is 6.59. The molecule has 0 saturated carbocycles. The summed E-state index contributed by atoms with van der Waals surface area (Å²) in [6.07, 6.45) is 3.84. The standard InChI is InChI=1S/C13H13N3O5/c17-13(18)8-4-5-10-9(12(8)16(19)20)7-14-15(10)11-3-1-2-6-21-11/h4-5,7,11H,1-3,6H2,(H,17,18). The van der Waals surface area contributed by atoms with Crippen molar-refractivity contribution < 1.29 is 19.6 Å². The smallest absolute Gasteiger partial charge is 0.342 e. The van der Waals surface area contributed by atoms with Gasteiger partial charge in [-0.1, -0.05) is 0 Å². The number of nitrogens with zero attached hydrogens (tertiary/aromatic N) is 3. The fourth-order valence-corrected chi connectivity index (χ4v) is 2.62. The molecule has 1 aliphatic heterocycles. The maximum atomic E-state index is 11.2. The number of rotatable bonds is 3. The van der Waals surface area contributed by atoms with Gasteiger partial charge in [-0.2, -0.15) is 5.10 Å². The Morgan fingerprint density at radius 3 is 2.90 bits per heavy atom. The molecule has 0 spiro atoms. The van der Waals surface area contributed by atoms with Crippen molar-refractivity contribution in [3.05, 3.63) is 34.0 Å². The molecule has 0 amide bonds. The monoisotopic (exact) mass is 291 g/mol. The van der Waals surface area contributed by atoms with E-state index in [-0.39, 0.29) is 17.2 Å². The molecule has 1 aromatic carbocycles. The van der Waals surface area contributed by atoms with E-state index in [1.54, 1.807) is 4.68 Å². The van der Waals surface area contributed by atoms with E-state index in [1.165, 1.54) is 18.3 Å². The zero-order valence-corrected chi connectivity index (χ0v) is 11.1. The number of carbonyl (C=O) groups is 1. The topological polar surface area (TPSA) is 107 Å². The summed E-state index contributed by atoms with van der Waals surface area (Å²) in [5.74, 6) is -1.33. The fraction of sp³-hybridized carbons (Fsp3) is 0.385. The summed E-state index contributed by atoms with van der Waals surface area (Å²) in [6, 6.07) is 2.78. The molecule has 8 heteroatoms. The third-order valence-corrected chi connectivity index (χ3v) is 3.59. The van der Waals surface area contributed by atoms with Gasteiger partial charge in [-0.05, 0) is 31.4 Å². The number of benzene rings is 1. The van der Waals surface area contributed by atoms with Crippen molar-refractivity contribution in [2.45, 2.75) is 25.5 Å². The minimum Gasteiger partial charge on any atom is -0.477 e. The van der Waals surface area contributed by atoms with Gasteiger partial charge in [-0.15, -0.1) is 0 Å². The summed E-state index contributed by atoms with van der Waals surface area (Å²) in [6.45, 7) is 0.626. The van der Waals surface area contributed by atoms with Crippen molar-refractivity contribution in [2.24, 2.45) is 0 Å². The van der Waals surface area contributed by atoms with Gasteiger partial charge < -0.3 is 9.84 Å². The Bertz CT molecular complexity index is 718. The summed E-state index contributed by atoms with van der Waals surface area (Å²) in [5, 5.41) is 24.6. The van der Waals surface area contributed by atoms with Gasteiger partial charge >= 0.3 is 5.97 Å². The molecule has 8 nitrogen and oxygen atoms in total. The lowest BCUT2D eigenvalue weighted by atomic mass is 10.1. The molecule has 0 radical (unpaired) electrons. The maximum absolute atomic E-state index is 11.2. The zero-order valence-electron chi connectivity index (χ0n) is 11.1. The number of aromatic carboxylic acids is 1. The van der Waals surface area contributed by atoms with Crippen molar-refractivity contribution in [2.75, 3.05) is 6.61 Å². The lowest BCUT2D eigenvalue weighted by Crippen LogP contribution is -2.19. The summed E-state index contributed by atoms with van der Waals surface area (Å²) in [5.41, 5.74) is -0.253. The maximum Gasteiger partial charge on any atom is 0.342 e. The van der Waals surface area contributed by atoms with E-state index in [1.807, 2.05) is 0 Å². The average molecular weight is 291 g/mol. The lowest BCUT2D eigenvalue weighted by molar-refractivity contribution is -0.383. The highest BCUT2D eigenvalue weighted by Gasteiger charge is 2.27. The molecule has 1 saturated heterocycles. The number of nitro groups is 1. The van der Waals surface area contributed by atoms with Crippen LogP contribution in [0.2, 0.25) is 0 Å². The number of carboxylic acids is 1. The van der Waals surface area contributed by atoms with Crippen molar-refractivity contribution in [3.63, 3.8) is 0 Å². The fourth-order valence-electron chi connectivity index (χ4n) is 2.62. The lowest BCUT2D eigenvalue weighted by Gasteiger charge is -2.23. The van der Waals surface area contributed by atoms with E-state index in [0.29, 0.717) is 12.1 Å². The number of carboxylic acid groups (broad SMARTS) is 1. The Morgan fingerprint density at radius 1 is 1.48 bits per heavy atom. The molecule has 0 aliphatic carbocycles. The van der Waals surface area contributed by atoms with Gasteiger partial charge in [-0.25, -0.2) is 9.48 Å². The molecule has 1 N–H and O–H groups in total.